The molecule has 0 N–H and O–H groups in total. The molecule has 5 rings (SSSR count). The van der Waals surface area contributed by atoms with E-state index in [4.69, 9.17) is 24.2 Å². The van der Waals surface area contributed by atoms with Crippen LogP contribution in [0.4, 0.5) is 0 Å². The van der Waals surface area contributed by atoms with Crippen molar-refractivity contribution in [2.45, 2.75) is 30.8 Å². The summed E-state index contributed by atoms with van der Waals surface area (Å²) >= 11 is 0. The number of hydrogen-bond donors (Lipinski definition) is 0. The number of benzene rings is 2. The van der Waals surface area contributed by atoms with Crippen molar-refractivity contribution >= 4 is 20.9 Å². The molecule has 3 aromatic rings. The van der Waals surface area contributed by atoms with E-state index in [1.165, 1.54) is 0 Å². The lowest BCUT2D eigenvalue weighted by Gasteiger charge is -2.37. The zero-order valence-electron chi connectivity index (χ0n) is 21.4. The summed E-state index contributed by atoms with van der Waals surface area (Å²) in [5.41, 5.74) is 1.80. The number of ether oxygens (including phenoxy) is 3. The molecule has 2 saturated heterocycles. The van der Waals surface area contributed by atoms with Gasteiger partial charge in [-0.2, -0.15) is 4.31 Å². The molecule has 0 aliphatic carbocycles. The molecule has 0 radical (unpaired) electrons. The van der Waals surface area contributed by atoms with Crippen molar-refractivity contribution in [3.63, 3.8) is 0 Å². The predicted molar refractivity (Wildman–Crippen MR) is 138 cm³/mol. The Bertz CT molecular complexity index is 1320. The Kier molecular flexibility index (Phi) is 7.70. The van der Waals surface area contributed by atoms with Gasteiger partial charge in [0.25, 0.3) is 0 Å². The van der Waals surface area contributed by atoms with Crippen LogP contribution in [-0.4, -0.2) is 92.5 Å². The Balaban J connectivity index is 1.31. The molecule has 2 aromatic carbocycles. The van der Waals surface area contributed by atoms with Gasteiger partial charge in [-0.15, -0.1) is 0 Å². The van der Waals surface area contributed by atoms with E-state index in [1.54, 1.807) is 35.7 Å². The molecule has 10 nitrogen and oxygen atoms in total. The Morgan fingerprint density at radius 1 is 1.03 bits per heavy atom. The van der Waals surface area contributed by atoms with Gasteiger partial charge in [0, 0.05) is 38.1 Å². The first-order valence-electron chi connectivity index (χ1n) is 12.4. The van der Waals surface area contributed by atoms with Crippen LogP contribution in [0.15, 0.2) is 53.4 Å². The largest absolute Gasteiger partial charge is 0.497 e. The molecule has 198 valence electrons. The third-order valence-electron chi connectivity index (χ3n) is 6.95. The van der Waals surface area contributed by atoms with Crippen LogP contribution in [0.3, 0.4) is 0 Å². The van der Waals surface area contributed by atoms with Crippen molar-refractivity contribution < 1.29 is 22.6 Å². The second-order valence-electron chi connectivity index (χ2n) is 9.30. The number of piperazine rings is 1. The number of nitrogens with zero attached hydrogens (tertiary/aromatic N) is 5. The summed E-state index contributed by atoms with van der Waals surface area (Å²) in [5.74, 6) is 1.35. The molecule has 1 unspecified atom stereocenters. The number of methoxy groups -OCH3 is 1. The van der Waals surface area contributed by atoms with Crippen LogP contribution in [0.2, 0.25) is 0 Å². The van der Waals surface area contributed by atoms with Crippen molar-refractivity contribution in [1.82, 2.24) is 24.1 Å². The number of sulfonamides is 1. The van der Waals surface area contributed by atoms with Gasteiger partial charge in [-0.1, -0.05) is 18.2 Å². The Labute approximate surface area is 217 Å². The molecule has 2 aliphatic rings. The SMILES string of the molecule is COc1ccc(S(=O)(=O)N2CCN(C(C)c3nc(CN(C)C4OCCO4)c4ccccc4n3)CC2)cc1. The second-order valence-corrected chi connectivity index (χ2v) is 11.2. The summed E-state index contributed by atoms with van der Waals surface area (Å²) in [6.45, 7) is 5.79. The molecule has 1 atom stereocenters. The van der Waals surface area contributed by atoms with Gasteiger partial charge in [-0.25, -0.2) is 18.4 Å². The van der Waals surface area contributed by atoms with Crippen molar-refractivity contribution in [3.05, 3.63) is 60.0 Å². The smallest absolute Gasteiger partial charge is 0.243 e. The van der Waals surface area contributed by atoms with Crippen molar-refractivity contribution in [2.24, 2.45) is 0 Å². The first-order valence-corrected chi connectivity index (χ1v) is 13.9. The fourth-order valence-electron chi connectivity index (χ4n) is 4.77. The van der Waals surface area contributed by atoms with Crippen molar-refractivity contribution in [2.75, 3.05) is 53.6 Å². The Hall–Kier alpha value is -2.67. The first-order chi connectivity index (χ1) is 17.9. The lowest BCUT2D eigenvalue weighted by Crippen LogP contribution is -2.49. The Morgan fingerprint density at radius 3 is 2.38 bits per heavy atom. The third kappa shape index (κ3) is 5.47. The minimum Gasteiger partial charge on any atom is -0.497 e. The summed E-state index contributed by atoms with van der Waals surface area (Å²) in [4.78, 5) is 14.4. The second kappa shape index (κ2) is 11.0. The van der Waals surface area contributed by atoms with Gasteiger partial charge in [0.15, 0.2) is 0 Å². The highest BCUT2D eigenvalue weighted by atomic mass is 32.2. The average Bonchev–Trinajstić information content (AvgIpc) is 3.48. The van der Waals surface area contributed by atoms with Crippen LogP contribution < -0.4 is 4.74 Å². The van der Waals surface area contributed by atoms with E-state index in [0.29, 0.717) is 51.7 Å². The minimum absolute atomic E-state index is 0.0708. The summed E-state index contributed by atoms with van der Waals surface area (Å²) in [7, 11) is -0.0522. The Morgan fingerprint density at radius 2 is 1.70 bits per heavy atom. The molecule has 1 aromatic heterocycles. The fourth-order valence-corrected chi connectivity index (χ4v) is 6.19. The quantitative estimate of drug-likeness (QED) is 0.438. The highest BCUT2D eigenvalue weighted by molar-refractivity contribution is 7.89. The molecule has 11 heteroatoms. The highest BCUT2D eigenvalue weighted by Gasteiger charge is 2.31. The predicted octanol–water partition coefficient (Wildman–Crippen LogP) is 2.47. The number of aromatic nitrogens is 2. The average molecular weight is 528 g/mol. The topological polar surface area (TPSA) is 97.3 Å². The van der Waals surface area contributed by atoms with Crippen LogP contribution in [0, 0.1) is 0 Å². The van der Waals surface area contributed by atoms with Gasteiger partial charge >= 0.3 is 0 Å². The molecule has 0 saturated carbocycles. The van der Waals surface area contributed by atoms with Crippen molar-refractivity contribution in [3.8, 4) is 5.75 Å². The molecule has 0 amide bonds. The standard InChI is InChI=1S/C26H33N5O5S/c1-19(30-12-14-31(15-13-30)37(32,33)21-10-8-20(34-3)9-11-21)25-27-23-7-5-4-6-22(23)24(28-25)18-29(2)26-35-16-17-36-26/h4-11,19,26H,12-18H2,1-3H3. The zero-order chi connectivity index (χ0) is 26.0. The number of para-hydroxylation sites is 1. The van der Waals surface area contributed by atoms with Crippen LogP contribution in [0.5, 0.6) is 5.75 Å². The van der Waals surface area contributed by atoms with Gasteiger partial charge in [-0.3, -0.25) is 9.80 Å². The third-order valence-corrected chi connectivity index (χ3v) is 8.87. The van der Waals surface area contributed by atoms with E-state index in [1.807, 2.05) is 36.2 Å². The van der Waals surface area contributed by atoms with E-state index in [-0.39, 0.29) is 17.4 Å². The minimum atomic E-state index is -3.57. The van der Waals surface area contributed by atoms with Crippen molar-refractivity contribution in [1.29, 1.82) is 0 Å². The molecular weight excluding hydrogens is 494 g/mol. The van der Waals surface area contributed by atoms with Crippen LogP contribution in [0.25, 0.3) is 10.9 Å². The van der Waals surface area contributed by atoms with E-state index in [9.17, 15) is 8.42 Å². The fraction of sp³-hybridized carbons (Fsp3) is 0.462. The molecule has 2 fully saturated rings. The van der Waals surface area contributed by atoms with Gasteiger partial charge in [-0.05, 0) is 44.3 Å². The van der Waals surface area contributed by atoms with E-state index < -0.39 is 10.0 Å². The maximum absolute atomic E-state index is 13.2. The molecule has 0 bridgehead atoms. The van der Waals surface area contributed by atoms with Gasteiger partial charge in [0.05, 0.1) is 42.5 Å². The number of hydrogen-bond acceptors (Lipinski definition) is 9. The maximum Gasteiger partial charge on any atom is 0.243 e. The molecule has 3 heterocycles. The monoisotopic (exact) mass is 527 g/mol. The number of fused-ring (bicyclic) bond motifs is 1. The first kappa shape index (κ1) is 26.0. The molecular formula is C26H33N5O5S. The lowest BCUT2D eigenvalue weighted by molar-refractivity contribution is -0.146. The van der Waals surface area contributed by atoms with Crippen LogP contribution in [0.1, 0.15) is 24.5 Å². The van der Waals surface area contributed by atoms with Gasteiger partial charge in [0.2, 0.25) is 16.4 Å². The van der Waals surface area contributed by atoms with Crippen LogP contribution in [-0.2, 0) is 26.0 Å². The van der Waals surface area contributed by atoms with E-state index >= 15 is 0 Å². The summed E-state index contributed by atoms with van der Waals surface area (Å²) in [6.07, 6.45) is -0.379. The normalized spacial score (nSPS) is 19.0. The number of rotatable bonds is 8. The van der Waals surface area contributed by atoms with E-state index in [0.717, 1.165) is 22.4 Å². The lowest BCUT2D eigenvalue weighted by atomic mass is 10.1. The zero-order valence-corrected chi connectivity index (χ0v) is 22.2. The van der Waals surface area contributed by atoms with E-state index in [2.05, 4.69) is 11.8 Å². The van der Waals surface area contributed by atoms with Gasteiger partial charge in [0.1, 0.15) is 11.6 Å². The maximum atomic E-state index is 13.2. The summed E-state index contributed by atoms with van der Waals surface area (Å²) in [5, 5.41) is 0.999. The van der Waals surface area contributed by atoms with Gasteiger partial charge < -0.3 is 14.2 Å². The highest BCUT2D eigenvalue weighted by Crippen LogP contribution is 2.26. The molecule has 37 heavy (non-hydrogen) atoms. The summed E-state index contributed by atoms with van der Waals surface area (Å²) in [6, 6.07) is 14.4. The molecule has 2 aliphatic heterocycles. The summed E-state index contributed by atoms with van der Waals surface area (Å²) < 4.78 is 44.3. The van der Waals surface area contributed by atoms with Crippen LogP contribution >= 0.6 is 0 Å². The molecule has 0 spiro atoms.